The van der Waals surface area contributed by atoms with Crippen LogP contribution in [0.4, 0.5) is 0 Å². The number of unbranched alkanes of at least 4 members (excludes halogenated alkanes) is 3. The van der Waals surface area contributed by atoms with Crippen molar-refractivity contribution in [2.24, 2.45) is 0 Å². The zero-order valence-corrected chi connectivity index (χ0v) is 25.7. The van der Waals surface area contributed by atoms with Crippen LogP contribution in [-0.4, -0.2) is 77.3 Å². The maximum Gasteiger partial charge on any atom is 0.328 e. The summed E-state index contributed by atoms with van der Waals surface area (Å²) in [4.78, 5) is 38.8. The second-order valence-corrected chi connectivity index (χ2v) is 11.9. The van der Waals surface area contributed by atoms with Crippen molar-refractivity contribution in [3.8, 4) is 0 Å². The standard InChI is InChI=1S/C28H37ClN2O2S.C4H4O4/c1-2-3-4-5-11-28(32)33-19-8-14-30-15-17-31(18-16-30)25-20-22-9-6-7-10-26(22)34-27-13-12-23(29)21-24(25)27;5-3(6)1-2-4(7)8/h6-7,9-10,12-13,21,25H,2-5,8,11,14-20H2,1H3;1-2H,(H,5,6)(H,7,8)/b;2-1-. The summed E-state index contributed by atoms with van der Waals surface area (Å²) >= 11 is 8.30. The molecule has 0 amide bonds. The topological polar surface area (TPSA) is 107 Å². The number of aliphatic carboxylic acids is 2. The Bertz CT molecular complexity index is 1200. The van der Waals surface area contributed by atoms with E-state index >= 15 is 0 Å². The van der Waals surface area contributed by atoms with Gasteiger partial charge in [0.2, 0.25) is 0 Å². The van der Waals surface area contributed by atoms with Crippen molar-refractivity contribution < 1.29 is 29.3 Å². The lowest BCUT2D eigenvalue weighted by Gasteiger charge is -2.39. The minimum atomic E-state index is -1.26. The van der Waals surface area contributed by atoms with E-state index in [1.165, 1.54) is 33.8 Å². The molecule has 2 aromatic rings. The molecule has 0 saturated carbocycles. The highest BCUT2D eigenvalue weighted by Crippen LogP contribution is 2.43. The third-order valence-corrected chi connectivity index (χ3v) is 8.71. The number of hydrogen-bond donors (Lipinski definition) is 2. The smallest absolute Gasteiger partial charge is 0.328 e. The second-order valence-electron chi connectivity index (χ2n) is 10.4. The zero-order valence-electron chi connectivity index (χ0n) is 24.2. The number of benzene rings is 2. The first kappa shape index (κ1) is 33.6. The first-order valence-corrected chi connectivity index (χ1v) is 15.8. The van der Waals surface area contributed by atoms with Crippen LogP contribution in [0.15, 0.2) is 64.4 Å². The Morgan fingerprint density at radius 3 is 2.36 bits per heavy atom. The van der Waals surface area contributed by atoms with Crippen LogP contribution in [0.1, 0.15) is 62.6 Å². The zero-order chi connectivity index (χ0) is 30.3. The van der Waals surface area contributed by atoms with Gasteiger partial charge in [-0.3, -0.25) is 9.69 Å². The normalized spacial score (nSPS) is 17.0. The fourth-order valence-electron chi connectivity index (χ4n) is 5.09. The van der Waals surface area contributed by atoms with Gasteiger partial charge in [0, 0.05) is 72.2 Å². The number of hydrogen-bond acceptors (Lipinski definition) is 7. The number of carboxylic acids is 2. The molecule has 2 aliphatic rings. The molecule has 0 radical (unpaired) electrons. The highest BCUT2D eigenvalue weighted by molar-refractivity contribution is 7.99. The first-order valence-electron chi connectivity index (χ1n) is 14.6. The van der Waals surface area contributed by atoms with Gasteiger partial charge >= 0.3 is 17.9 Å². The highest BCUT2D eigenvalue weighted by atomic mass is 35.5. The number of carboxylic acid groups (broad SMARTS) is 2. The molecular weight excluding hydrogens is 576 g/mol. The summed E-state index contributed by atoms with van der Waals surface area (Å²) in [6, 6.07) is 15.5. The van der Waals surface area contributed by atoms with Crippen molar-refractivity contribution in [1.29, 1.82) is 0 Å². The Morgan fingerprint density at radius 1 is 0.952 bits per heavy atom. The van der Waals surface area contributed by atoms with Gasteiger partial charge in [-0.25, -0.2) is 9.59 Å². The molecule has 42 heavy (non-hydrogen) atoms. The summed E-state index contributed by atoms with van der Waals surface area (Å²) < 4.78 is 5.44. The average molecular weight is 617 g/mol. The van der Waals surface area contributed by atoms with Crippen molar-refractivity contribution >= 4 is 41.3 Å². The number of ether oxygens (including phenoxy) is 1. The SMILES string of the molecule is CCCCCCC(=O)OCCCN1CCN(C2Cc3ccccc3Sc3ccc(Cl)cc32)CC1.O=C(O)/C=C\C(=O)O. The minimum Gasteiger partial charge on any atom is -0.478 e. The highest BCUT2D eigenvalue weighted by Gasteiger charge is 2.30. The van der Waals surface area contributed by atoms with E-state index in [2.05, 4.69) is 53.1 Å². The van der Waals surface area contributed by atoms with Gasteiger partial charge in [-0.1, -0.05) is 67.7 Å². The molecule has 4 rings (SSSR count). The van der Waals surface area contributed by atoms with E-state index in [4.69, 9.17) is 26.6 Å². The van der Waals surface area contributed by atoms with Gasteiger partial charge in [0.15, 0.2) is 0 Å². The van der Waals surface area contributed by atoms with Gasteiger partial charge in [0.1, 0.15) is 0 Å². The molecule has 0 bridgehead atoms. The number of rotatable bonds is 12. The average Bonchev–Trinajstić information content (AvgIpc) is 3.14. The molecule has 2 N–H and O–H groups in total. The molecule has 8 nitrogen and oxygen atoms in total. The molecule has 2 aliphatic heterocycles. The van der Waals surface area contributed by atoms with Gasteiger partial charge in [-0.05, 0) is 54.7 Å². The van der Waals surface area contributed by atoms with Crippen LogP contribution in [0, 0.1) is 0 Å². The number of fused-ring (bicyclic) bond motifs is 2. The molecule has 2 aromatic carbocycles. The van der Waals surface area contributed by atoms with Gasteiger partial charge in [-0.15, -0.1) is 0 Å². The van der Waals surface area contributed by atoms with Crippen LogP contribution in [0.5, 0.6) is 0 Å². The lowest BCUT2D eigenvalue weighted by Crippen LogP contribution is -2.48. The molecular formula is C32H41ClN2O6S. The minimum absolute atomic E-state index is 0.0373. The van der Waals surface area contributed by atoms with E-state index < -0.39 is 11.9 Å². The molecule has 1 atom stereocenters. The Morgan fingerprint density at radius 2 is 1.67 bits per heavy atom. The maximum absolute atomic E-state index is 11.9. The predicted octanol–water partition coefficient (Wildman–Crippen LogP) is 6.32. The lowest BCUT2D eigenvalue weighted by atomic mass is 9.96. The number of nitrogens with zero attached hydrogens (tertiary/aromatic N) is 2. The molecule has 1 unspecified atom stereocenters. The quantitative estimate of drug-likeness (QED) is 0.161. The van der Waals surface area contributed by atoms with Crippen LogP contribution in [0.2, 0.25) is 5.02 Å². The fraction of sp³-hybridized carbons (Fsp3) is 0.469. The number of carbonyl (C=O) groups is 3. The summed E-state index contributed by atoms with van der Waals surface area (Å²) in [5.74, 6) is -2.55. The molecule has 0 aromatic heterocycles. The Labute approximate surface area is 257 Å². The monoisotopic (exact) mass is 616 g/mol. The van der Waals surface area contributed by atoms with Crippen molar-refractivity contribution in [2.45, 2.75) is 67.7 Å². The molecule has 2 heterocycles. The van der Waals surface area contributed by atoms with Gasteiger partial charge in [-0.2, -0.15) is 0 Å². The van der Waals surface area contributed by atoms with Crippen molar-refractivity contribution in [3.63, 3.8) is 0 Å². The molecule has 10 heteroatoms. The first-order chi connectivity index (χ1) is 20.3. The van der Waals surface area contributed by atoms with E-state index in [1.54, 1.807) is 0 Å². The van der Waals surface area contributed by atoms with E-state index in [0.29, 0.717) is 31.2 Å². The Kier molecular flexibility index (Phi) is 14.4. The van der Waals surface area contributed by atoms with Crippen LogP contribution >= 0.6 is 23.4 Å². The third kappa shape index (κ3) is 11.4. The van der Waals surface area contributed by atoms with Crippen LogP contribution in [0.3, 0.4) is 0 Å². The predicted molar refractivity (Wildman–Crippen MR) is 165 cm³/mol. The summed E-state index contributed by atoms with van der Waals surface area (Å²) in [5.41, 5.74) is 2.77. The number of esters is 1. The molecule has 0 aliphatic carbocycles. The van der Waals surface area contributed by atoms with Crippen molar-refractivity contribution in [3.05, 3.63) is 70.8 Å². The summed E-state index contributed by atoms with van der Waals surface area (Å²) in [5, 5.41) is 16.4. The van der Waals surface area contributed by atoms with Gasteiger partial charge in [0.25, 0.3) is 0 Å². The number of halogens is 1. The van der Waals surface area contributed by atoms with E-state index in [9.17, 15) is 14.4 Å². The van der Waals surface area contributed by atoms with Gasteiger partial charge in [0.05, 0.1) is 6.61 Å². The maximum atomic E-state index is 11.9. The summed E-state index contributed by atoms with van der Waals surface area (Å²) in [6.07, 6.45) is 8.07. The lowest BCUT2D eigenvalue weighted by molar-refractivity contribution is -0.144. The number of piperazine rings is 1. The van der Waals surface area contributed by atoms with Crippen LogP contribution in [0.25, 0.3) is 0 Å². The van der Waals surface area contributed by atoms with E-state index in [-0.39, 0.29) is 5.97 Å². The molecule has 1 fully saturated rings. The van der Waals surface area contributed by atoms with E-state index in [1.807, 2.05) is 17.8 Å². The summed E-state index contributed by atoms with van der Waals surface area (Å²) in [7, 11) is 0. The molecule has 0 spiro atoms. The molecule has 1 saturated heterocycles. The number of carbonyl (C=O) groups excluding carboxylic acids is 1. The summed E-state index contributed by atoms with van der Waals surface area (Å²) in [6.45, 7) is 7.89. The van der Waals surface area contributed by atoms with Crippen LogP contribution in [-0.2, 0) is 25.5 Å². The van der Waals surface area contributed by atoms with Crippen LogP contribution < -0.4 is 0 Å². The van der Waals surface area contributed by atoms with Crippen molar-refractivity contribution in [2.75, 3.05) is 39.3 Å². The van der Waals surface area contributed by atoms with Crippen molar-refractivity contribution in [1.82, 2.24) is 9.80 Å². The largest absolute Gasteiger partial charge is 0.478 e. The fourth-order valence-corrected chi connectivity index (χ4v) is 6.39. The third-order valence-electron chi connectivity index (χ3n) is 7.27. The van der Waals surface area contributed by atoms with E-state index in [0.717, 1.165) is 63.4 Å². The second kappa shape index (κ2) is 18.0. The molecule has 228 valence electrons. The Hall–Kier alpha value is -2.85. The Balaban J connectivity index is 0.000000531. The van der Waals surface area contributed by atoms with Gasteiger partial charge < -0.3 is 19.8 Å².